The molecule has 0 spiro atoms. The first-order chi connectivity index (χ1) is 6.13. The molecule has 1 atom stereocenters. The van der Waals surface area contributed by atoms with Crippen LogP contribution >= 0.6 is 11.3 Å². The van der Waals surface area contributed by atoms with Crippen molar-refractivity contribution in [3.63, 3.8) is 0 Å². The molecule has 4 nitrogen and oxygen atoms in total. The standard InChI is InChI=1S/C8H9N3OS/c1-3-5(2)10-7(12)6-4-13-8(9)11-6/h1,4-5H,2H3,(H2,9,11)(H,10,12). The van der Waals surface area contributed by atoms with Crippen LogP contribution in [0.5, 0.6) is 0 Å². The summed E-state index contributed by atoms with van der Waals surface area (Å²) in [4.78, 5) is 15.1. The zero-order valence-electron chi connectivity index (χ0n) is 7.07. The van der Waals surface area contributed by atoms with Crippen LogP contribution in [0.3, 0.4) is 0 Å². The number of anilines is 1. The van der Waals surface area contributed by atoms with E-state index in [1.54, 1.807) is 12.3 Å². The zero-order chi connectivity index (χ0) is 9.84. The Hall–Kier alpha value is -1.54. The normalized spacial score (nSPS) is 11.7. The molecule has 5 heteroatoms. The van der Waals surface area contributed by atoms with Crippen LogP contribution in [0.15, 0.2) is 5.38 Å². The minimum atomic E-state index is -0.296. The molecule has 0 radical (unpaired) electrons. The number of hydrogen-bond acceptors (Lipinski definition) is 4. The van der Waals surface area contributed by atoms with Crippen LogP contribution in [0.25, 0.3) is 0 Å². The SMILES string of the molecule is C#CC(C)NC(=O)c1csc(N)n1. The Balaban J connectivity index is 2.65. The number of nitrogens with one attached hydrogen (secondary N) is 1. The Morgan fingerprint density at radius 3 is 3.08 bits per heavy atom. The molecule has 0 bridgehead atoms. The molecule has 1 unspecified atom stereocenters. The van der Waals surface area contributed by atoms with Gasteiger partial charge in [0.2, 0.25) is 0 Å². The van der Waals surface area contributed by atoms with Gasteiger partial charge in [-0.25, -0.2) is 4.98 Å². The second-order valence-corrected chi connectivity index (χ2v) is 3.32. The average molecular weight is 195 g/mol. The maximum absolute atomic E-state index is 11.3. The summed E-state index contributed by atoms with van der Waals surface area (Å²) in [6, 6.07) is -0.296. The van der Waals surface area contributed by atoms with Crippen molar-refractivity contribution >= 4 is 22.4 Å². The number of hydrogen-bond donors (Lipinski definition) is 2. The van der Waals surface area contributed by atoms with Crippen molar-refractivity contribution in [1.29, 1.82) is 0 Å². The van der Waals surface area contributed by atoms with Crippen LogP contribution in [0.1, 0.15) is 17.4 Å². The molecule has 3 N–H and O–H groups in total. The van der Waals surface area contributed by atoms with Crippen LogP contribution < -0.4 is 11.1 Å². The molecule has 0 fully saturated rings. The first-order valence-corrected chi connectivity index (χ1v) is 4.49. The Morgan fingerprint density at radius 1 is 1.92 bits per heavy atom. The predicted molar refractivity (Wildman–Crippen MR) is 52.3 cm³/mol. The molecule has 1 aromatic rings. The van der Waals surface area contributed by atoms with Gasteiger partial charge in [0.15, 0.2) is 5.13 Å². The molecular weight excluding hydrogens is 186 g/mol. The Kier molecular flexibility index (Phi) is 2.88. The quantitative estimate of drug-likeness (QED) is 0.674. The number of aromatic nitrogens is 1. The summed E-state index contributed by atoms with van der Waals surface area (Å²) < 4.78 is 0. The summed E-state index contributed by atoms with van der Waals surface area (Å²) in [5, 5.41) is 4.54. The molecule has 0 saturated heterocycles. The van der Waals surface area contributed by atoms with Gasteiger partial charge in [-0.2, -0.15) is 0 Å². The smallest absolute Gasteiger partial charge is 0.271 e. The second kappa shape index (κ2) is 3.92. The van der Waals surface area contributed by atoms with Gasteiger partial charge in [-0.3, -0.25) is 4.79 Å². The lowest BCUT2D eigenvalue weighted by atomic mass is 10.3. The third-order valence-electron chi connectivity index (χ3n) is 1.35. The van der Waals surface area contributed by atoms with Gasteiger partial charge in [0.1, 0.15) is 5.69 Å². The summed E-state index contributed by atoms with van der Waals surface area (Å²) in [5.41, 5.74) is 5.68. The molecule has 1 rings (SSSR count). The molecule has 0 aromatic carbocycles. The van der Waals surface area contributed by atoms with Crippen molar-refractivity contribution < 1.29 is 4.79 Å². The number of carbonyl (C=O) groups excluding carboxylic acids is 1. The highest BCUT2D eigenvalue weighted by atomic mass is 32.1. The van der Waals surface area contributed by atoms with E-state index in [0.29, 0.717) is 10.8 Å². The highest BCUT2D eigenvalue weighted by molar-refractivity contribution is 7.13. The van der Waals surface area contributed by atoms with E-state index in [-0.39, 0.29) is 11.9 Å². The molecule has 0 aliphatic heterocycles. The Labute approximate surface area is 80.2 Å². The largest absolute Gasteiger partial charge is 0.375 e. The summed E-state index contributed by atoms with van der Waals surface area (Å²) in [7, 11) is 0. The van der Waals surface area contributed by atoms with Gasteiger partial charge in [0, 0.05) is 5.38 Å². The summed E-state index contributed by atoms with van der Waals surface area (Å²) in [6.07, 6.45) is 5.10. The fourth-order valence-corrected chi connectivity index (χ4v) is 1.25. The molecule has 68 valence electrons. The van der Waals surface area contributed by atoms with Crippen molar-refractivity contribution in [2.45, 2.75) is 13.0 Å². The lowest BCUT2D eigenvalue weighted by molar-refractivity contribution is 0.0944. The Bertz CT molecular complexity index is 353. The number of rotatable bonds is 2. The summed E-state index contributed by atoms with van der Waals surface area (Å²) in [5.74, 6) is 2.09. The van der Waals surface area contributed by atoms with E-state index in [2.05, 4.69) is 16.2 Å². The van der Waals surface area contributed by atoms with Crippen LogP contribution in [0, 0.1) is 12.3 Å². The number of nitrogens with two attached hydrogens (primary N) is 1. The first-order valence-electron chi connectivity index (χ1n) is 3.61. The van der Waals surface area contributed by atoms with Crippen molar-refractivity contribution in [3.05, 3.63) is 11.1 Å². The molecule has 1 aromatic heterocycles. The molecule has 0 aliphatic rings. The highest BCUT2D eigenvalue weighted by Crippen LogP contribution is 2.10. The minimum Gasteiger partial charge on any atom is -0.375 e. The van der Waals surface area contributed by atoms with Gasteiger partial charge in [0.05, 0.1) is 6.04 Å². The molecule has 13 heavy (non-hydrogen) atoms. The number of terminal acetylenes is 1. The predicted octanol–water partition coefficient (Wildman–Crippen LogP) is 0.477. The van der Waals surface area contributed by atoms with E-state index in [1.807, 2.05) is 0 Å². The first kappa shape index (κ1) is 9.55. The topological polar surface area (TPSA) is 68.0 Å². The minimum absolute atomic E-state index is 0.293. The van der Waals surface area contributed by atoms with E-state index in [9.17, 15) is 4.79 Å². The fourth-order valence-electron chi connectivity index (χ4n) is 0.704. The van der Waals surface area contributed by atoms with Gasteiger partial charge in [-0.15, -0.1) is 17.8 Å². The van der Waals surface area contributed by atoms with Crippen LogP contribution in [0.4, 0.5) is 5.13 Å². The highest BCUT2D eigenvalue weighted by Gasteiger charge is 2.10. The summed E-state index contributed by atoms with van der Waals surface area (Å²) >= 11 is 1.22. The van der Waals surface area contributed by atoms with Gasteiger partial charge >= 0.3 is 0 Å². The maximum atomic E-state index is 11.3. The van der Waals surface area contributed by atoms with Crippen LogP contribution in [0.2, 0.25) is 0 Å². The van der Waals surface area contributed by atoms with Gasteiger partial charge in [0.25, 0.3) is 5.91 Å². The van der Waals surface area contributed by atoms with Gasteiger partial charge in [-0.05, 0) is 6.92 Å². The van der Waals surface area contributed by atoms with Gasteiger partial charge in [-0.1, -0.05) is 5.92 Å². The summed E-state index contributed by atoms with van der Waals surface area (Å²) in [6.45, 7) is 1.72. The van der Waals surface area contributed by atoms with Crippen molar-refractivity contribution in [1.82, 2.24) is 10.3 Å². The molecule has 0 saturated carbocycles. The maximum Gasteiger partial charge on any atom is 0.271 e. The number of thiazole rings is 1. The second-order valence-electron chi connectivity index (χ2n) is 2.43. The molecule has 1 heterocycles. The number of nitrogen functional groups attached to an aromatic ring is 1. The van der Waals surface area contributed by atoms with Crippen molar-refractivity contribution in [3.8, 4) is 12.3 Å². The molecule has 1 amide bonds. The lowest BCUT2D eigenvalue weighted by Crippen LogP contribution is -2.31. The fraction of sp³-hybridized carbons (Fsp3) is 0.250. The van der Waals surface area contributed by atoms with E-state index >= 15 is 0 Å². The number of nitrogens with zero attached hydrogens (tertiary/aromatic N) is 1. The number of carbonyl (C=O) groups is 1. The van der Waals surface area contributed by atoms with Crippen molar-refractivity contribution in [2.24, 2.45) is 0 Å². The van der Waals surface area contributed by atoms with E-state index in [4.69, 9.17) is 12.2 Å². The van der Waals surface area contributed by atoms with Crippen LogP contribution in [-0.2, 0) is 0 Å². The zero-order valence-corrected chi connectivity index (χ0v) is 7.89. The van der Waals surface area contributed by atoms with Gasteiger partial charge < -0.3 is 11.1 Å². The van der Waals surface area contributed by atoms with E-state index in [0.717, 1.165) is 0 Å². The Morgan fingerprint density at radius 2 is 2.62 bits per heavy atom. The van der Waals surface area contributed by atoms with Crippen molar-refractivity contribution in [2.75, 3.05) is 5.73 Å². The van der Waals surface area contributed by atoms with Crippen LogP contribution in [-0.4, -0.2) is 16.9 Å². The monoisotopic (exact) mass is 195 g/mol. The third-order valence-corrected chi connectivity index (χ3v) is 2.03. The number of amides is 1. The van der Waals surface area contributed by atoms with E-state index < -0.39 is 0 Å². The van der Waals surface area contributed by atoms with E-state index in [1.165, 1.54) is 11.3 Å². The third kappa shape index (κ3) is 2.46. The average Bonchev–Trinajstić information content (AvgIpc) is 2.51. The lowest BCUT2D eigenvalue weighted by Gasteiger charge is -2.04. The molecular formula is C8H9N3OS. The molecule has 0 aliphatic carbocycles.